The van der Waals surface area contributed by atoms with Crippen LogP contribution in [0.25, 0.3) is 0 Å². The summed E-state index contributed by atoms with van der Waals surface area (Å²) in [5, 5.41) is 6.89. The number of benzene rings is 2. The summed E-state index contributed by atoms with van der Waals surface area (Å²) < 4.78 is 0. The van der Waals surface area contributed by atoms with E-state index < -0.39 is 0 Å². The van der Waals surface area contributed by atoms with Crippen LogP contribution >= 0.6 is 11.6 Å². The summed E-state index contributed by atoms with van der Waals surface area (Å²) in [5.74, 6) is -0.0540. The van der Waals surface area contributed by atoms with E-state index in [1.54, 1.807) is 0 Å². The Labute approximate surface area is 182 Å². The van der Waals surface area contributed by atoms with E-state index in [2.05, 4.69) is 27.7 Å². The van der Waals surface area contributed by atoms with Crippen molar-refractivity contribution in [2.45, 2.75) is 44.7 Å². The lowest BCUT2D eigenvalue weighted by molar-refractivity contribution is -0.123. The van der Waals surface area contributed by atoms with Gasteiger partial charge in [0.05, 0.1) is 0 Å². The van der Waals surface area contributed by atoms with Gasteiger partial charge in [0.25, 0.3) is 0 Å². The predicted octanol–water partition coefficient (Wildman–Crippen LogP) is 4.01. The van der Waals surface area contributed by atoms with E-state index in [0.717, 1.165) is 48.7 Å². The molecule has 1 unspecified atom stereocenters. The molecule has 2 amide bonds. The topological polar surface area (TPSA) is 61.4 Å². The first-order valence-corrected chi connectivity index (χ1v) is 11.1. The summed E-state index contributed by atoms with van der Waals surface area (Å²) in [6.45, 7) is 2.85. The highest BCUT2D eigenvalue weighted by atomic mass is 35.5. The number of rotatable bonds is 6. The van der Waals surface area contributed by atoms with Crippen molar-refractivity contribution < 1.29 is 9.59 Å². The highest BCUT2D eigenvalue weighted by molar-refractivity contribution is 6.30. The number of para-hydroxylation sites is 1. The molecule has 2 heterocycles. The van der Waals surface area contributed by atoms with Gasteiger partial charge in [-0.15, -0.1) is 0 Å². The number of fused-ring (bicyclic) bond motifs is 1. The summed E-state index contributed by atoms with van der Waals surface area (Å²) in [5.41, 5.74) is 3.30. The zero-order valence-electron chi connectivity index (χ0n) is 17.1. The molecule has 0 aliphatic carbocycles. The molecule has 158 valence electrons. The number of nitrogens with one attached hydrogen (secondary N) is 2. The molecule has 0 bridgehead atoms. The third kappa shape index (κ3) is 5.41. The Kier molecular flexibility index (Phi) is 6.70. The van der Waals surface area contributed by atoms with E-state index in [0.29, 0.717) is 19.3 Å². The molecule has 1 atom stereocenters. The Morgan fingerprint density at radius 1 is 1.10 bits per heavy atom. The number of nitrogens with zero attached hydrogens (tertiary/aromatic N) is 1. The van der Waals surface area contributed by atoms with Crippen LogP contribution in [0.1, 0.15) is 36.8 Å². The second-order valence-electron chi connectivity index (χ2n) is 8.33. The summed E-state index contributed by atoms with van der Waals surface area (Å²) in [6, 6.07) is 16.1. The van der Waals surface area contributed by atoms with E-state index in [9.17, 15) is 9.59 Å². The lowest BCUT2D eigenvalue weighted by atomic mass is 9.89. The van der Waals surface area contributed by atoms with Gasteiger partial charge < -0.3 is 10.6 Å². The van der Waals surface area contributed by atoms with Crippen molar-refractivity contribution >= 4 is 29.1 Å². The molecule has 0 radical (unpaired) electrons. The number of amides is 2. The van der Waals surface area contributed by atoms with Crippen LogP contribution in [0.15, 0.2) is 48.5 Å². The van der Waals surface area contributed by atoms with Crippen molar-refractivity contribution in [3.8, 4) is 0 Å². The van der Waals surface area contributed by atoms with Crippen LogP contribution in [-0.2, 0) is 22.6 Å². The third-order valence-corrected chi connectivity index (χ3v) is 6.36. The van der Waals surface area contributed by atoms with Crippen molar-refractivity contribution in [1.82, 2.24) is 10.2 Å². The van der Waals surface area contributed by atoms with E-state index in [1.165, 1.54) is 5.56 Å². The molecular weight excluding hydrogens is 398 g/mol. The fourth-order valence-electron chi connectivity index (χ4n) is 4.33. The van der Waals surface area contributed by atoms with Gasteiger partial charge in [-0.25, -0.2) is 0 Å². The molecule has 30 heavy (non-hydrogen) atoms. The minimum absolute atomic E-state index is 0.0250. The minimum atomic E-state index is -0.133. The van der Waals surface area contributed by atoms with Crippen LogP contribution in [0.3, 0.4) is 0 Å². The number of likely N-dealkylation sites (tertiary alicyclic amines) is 1. The molecule has 0 aromatic heterocycles. The van der Waals surface area contributed by atoms with E-state index in [4.69, 9.17) is 11.6 Å². The molecule has 2 aliphatic heterocycles. The van der Waals surface area contributed by atoms with E-state index in [1.807, 2.05) is 36.4 Å². The van der Waals surface area contributed by atoms with Crippen molar-refractivity contribution in [2.75, 3.05) is 18.4 Å². The molecule has 6 heteroatoms. The van der Waals surface area contributed by atoms with Gasteiger partial charge in [0.1, 0.15) is 0 Å². The standard InChI is InChI=1S/C24H28ClN3O2/c25-20-8-5-17(6-9-20)16-28-13-11-21(12-14-28)26-23(29)10-7-19-15-18-3-1-2-4-22(18)27-24(19)30/h1-6,8-9,19,21H,7,10-16H2,(H,26,29)(H,27,30). The molecule has 1 saturated heterocycles. The van der Waals surface area contributed by atoms with Gasteiger partial charge in [-0.2, -0.15) is 0 Å². The van der Waals surface area contributed by atoms with Crippen molar-refractivity contribution in [3.05, 3.63) is 64.7 Å². The van der Waals surface area contributed by atoms with Crippen molar-refractivity contribution in [3.63, 3.8) is 0 Å². The number of anilines is 1. The Hall–Kier alpha value is -2.37. The summed E-state index contributed by atoms with van der Waals surface area (Å²) >= 11 is 5.95. The molecule has 2 N–H and O–H groups in total. The average Bonchev–Trinajstić information content (AvgIpc) is 2.75. The van der Waals surface area contributed by atoms with Crippen LogP contribution in [0.5, 0.6) is 0 Å². The van der Waals surface area contributed by atoms with Crippen molar-refractivity contribution in [1.29, 1.82) is 0 Å². The van der Waals surface area contributed by atoms with E-state index in [-0.39, 0.29) is 23.8 Å². The maximum atomic E-state index is 12.4. The van der Waals surface area contributed by atoms with Gasteiger partial charge in [-0.05, 0) is 55.0 Å². The smallest absolute Gasteiger partial charge is 0.227 e. The molecule has 4 rings (SSSR count). The Morgan fingerprint density at radius 2 is 1.83 bits per heavy atom. The van der Waals surface area contributed by atoms with Crippen LogP contribution in [0.2, 0.25) is 5.02 Å². The van der Waals surface area contributed by atoms with Crippen LogP contribution in [-0.4, -0.2) is 35.8 Å². The van der Waals surface area contributed by atoms with Crippen LogP contribution < -0.4 is 10.6 Å². The fourth-order valence-corrected chi connectivity index (χ4v) is 4.46. The number of piperidine rings is 1. The lowest BCUT2D eigenvalue weighted by Crippen LogP contribution is -2.44. The molecule has 2 aliphatic rings. The second kappa shape index (κ2) is 9.63. The quantitative estimate of drug-likeness (QED) is 0.735. The molecule has 0 spiro atoms. The first-order chi connectivity index (χ1) is 14.6. The highest BCUT2D eigenvalue weighted by Crippen LogP contribution is 2.27. The molecule has 0 saturated carbocycles. The largest absolute Gasteiger partial charge is 0.353 e. The molecular formula is C24H28ClN3O2. The maximum Gasteiger partial charge on any atom is 0.227 e. The van der Waals surface area contributed by atoms with Gasteiger partial charge in [0, 0.05) is 48.7 Å². The summed E-state index contributed by atoms with van der Waals surface area (Å²) in [7, 11) is 0. The Bertz CT molecular complexity index is 892. The van der Waals surface area contributed by atoms with Gasteiger partial charge in [0.15, 0.2) is 0 Å². The number of hydrogen-bond acceptors (Lipinski definition) is 3. The first-order valence-electron chi connectivity index (χ1n) is 10.7. The number of carbonyl (C=O) groups excluding carboxylic acids is 2. The molecule has 5 nitrogen and oxygen atoms in total. The SMILES string of the molecule is O=C(CCC1Cc2ccccc2NC1=O)NC1CCN(Cc2ccc(Cl)cc2)CC1. The third-order valence-electron chi connectivity index (χ3n) is 6.10. The second-order valence-corrected chi connectivity index (χ2v) is 8.77. The summed E-state index contributed by atoms with van der Waals surface area (Å²) in [4.78, 5) is 27.2. The first kappa shape index (κ1) is 20.9. The number of hydrogen-bond donors (Lipinski definition) is 2. The van der Waals surface area contributed by atoms with Crippen LogP contribution in [0, 0.1) is 5.92 Å². The van der Waals surface area contributed by atoms with E-state index >= 15 is 0 Å². The van der Waals surface area contributed by atoms with Gasteiger partial charge in [-0.3, -0.25) is 14.5 Å². The molecule has 1 fully saturated rings. The predicted molar refractivity (Wildman–Crippen MR) is 119 cm³/mol. The summed E-state index contributed by atoms with van der Waals surface area (Å²) in [6.07, 6.45) is 3.60. The fraction of sp³-hybridized carbons (Fsp3) is 0.417. The maximum absolute atomic E-state index is 12.4. The highest BCUT2D eigenvalue weighted by Gasteiger charge is 2.27. The van der Waals surface area contributed by atoms with Crippen LogP contribution in [0.4, 0.5) is 5.69 Å². The normalized spacial score (nSPS) is 19.8. The van der Waals surface area contributed by atoms with Gasteiger partial charge in [-0.1, -0.05) is 41.9 Å². The monoisotopic (exact) mass is 425 g/mol. The zero-order chi connectivity index (χ0) is 20.9. The van der Waals surface area contributed by atoms with Gasteiger partial charge in [0.2, 0.25) is 11.8 Å². The molecule has 2 aromatic rings. The van der Waals surface area contributed by atoms with Crippen molar-refractivity contribution in [2.24, 2.45) is 5.92 Å². The average molecular weight is 426 g/mol. The Balaban J connectivity index is 1.18. The molecule has 2 aromatic carbocycles. The zero-order valence-corrected chi connectivity index (χ0v) is 17.8. The lowest BCUT2D eigenvalue weighted by Gasteiger charge is -2.32. The number of halogens is 1. The minimum Gasteiger partial charge on any atom is -0.353 e. The number of carbonyl (C=O) groups is 2. The Morgan fingerprint density at radius 3 is 2.60 bits per heavy atom. The van der Waals surface area contributed by atoms with Gasteiger partial charge >= 0.3 is 0 Å².